The van der Waals surface area contributed by atoms with Gasteiger partial charge in [-0.2, -0.15) is 0 Å². The number of hydrogen-bond acceptors (Lipinski definition) is 1. The molecule has 0 unspecified atom stereocenters. The van der Waals surface area contributed by atoms with Crippen LogP contribution in [-0.4, -0.2) is 0 Å². The molecule has 320 valence electrons. The summed E-state index contributed by atoms with van der Waals surface area (Å²) >= 11 is 0. The minimum atomic E-state index is 0.849. The lowest BCUT2D eigenvalue weighted by Gasteiger charge is -2.26. The van der Waals surface area contributed by atoms with Crippen molar-refractivity contribution in [3.63, 3.8) is 0 Å². The van der Waals surface area contributed by atoms with Gasteiger partial charge in [-0.15, -0.1) is 0 Å². The van der Waals surface area contributed by atoms with Gasteiger partial charge in [0, 0.05) is 16.5 Å². The number of para-hydroxylation sites is 1. The fourth-order valence-corrected chi connectivity index (χ4v) is 11.6. The van der Waals surface area contributed by atoms with Crippen LogP contribution >= 0.6 is 0 Å². The maximum Gasteiger partial charge on any atom is 0.143 e. The zero-order chi connectivity index (χ0) is 45.6. The maximum atomic E-state index is 7.18. The summed E-state index contributed by atoms with van der Waals surface area (Å²) in [5.41, 5.74) is 27.4. The van der Waals surface area contributed by atoms with Crippen LogP contribution in [0.15, 0.2) is 249 Å². The molecule has 0 fully saturated rings. The highest BCUT2D eigenvalue weighted by Crippen LogP contribution is 2.54. The maximum absolute atomic E-state index is 7.18. The third kappa shape index (κ3) is 5.97. The second kappa shape index (κ2) is 15.5. The van der Waals surface area contributed by atoms with Gasteiger partial charge in [0.15, 0.2) is 0 Å². The Labute approximate surface area is 402 Å². The number of rotatable bonds is 4. The van der Waals surface area contributed by atoms with Crippen molar-refractivity contribution < 1.29 is 4.74 Å². The second-order valence-corrected chi connectivity index (χ2v) is 18.2. The highest BCUT2D eigenvalue weighted by Gasteiger charge is 2.28. The van der Waals surface area contributed by atoms with E-state index >= 15 is 0 Å². The van der Waals surface area contributed by atoms with Crippen molar-refractivity contribution in [1.82, 2.24) is 0 Å². The van der Waals surface area contributed by atoms with E-state index in [-0.39, 0.29) is 0 Å². The van der Waals surface area contributed by atoms with Crippen LogP contribution in [0.4, 0.5) is 0 Å². The molecule has 0 atom stereocenters. The van der Waals surface area contributed by atoms with E-state index in [9.17, 15) is 0 Å². The smallest absolute Gasteiger partial charge is 0.143 e. The highest BCUT2D eigenvalue weighted by atomic mass is 16.5. The first kappa shape index (κ1) is 39.2. The number of ether oxygens (including phenoxy) is 1. The molecule has 0 N–H and O–H groups in total. The van der Waals surface area contributed by atoms with Crippen LogP contribution in [0.5, 0.6) is 11.5 Å². The molecule has 0 saturated carbocycles. The largest absolute Gasteiger partial charge is 0.455 e. The summed E-state index contributed by atoms with van der Waals surface area (Å²) in [6.45, 7) is 4.23. The van der Waals surface area contributed by atoms with E-state index in [1.54, 1.807) is 0 Å². The lowest BCUT2D eigenvalue weighted by atomic mass is 9.79. The molecule has 0 amide bonds. The van der Waals surface area contributed by atoms with Gasteiger partial charge in [-0.25, -0.2) is 0 Å². The quantitative estimate of drug-likeness (QED) is 0.160. The van der Waals surface area contributed by atoms with Crippen molar-refractivity contribution in [3.05, 3.63) is 260 Å². The van der Waals surface area contributed by atoms with E-state index in [2.05, 4.69) is 243 Å². The molecule has 1 heterocycles. The topological polar surface area (TPSA) is 9.23 Å². The molecule has 1 aliphatic heterocycles. The molecule has 11 aromatic rings. The van der Waals surface area contributed by atoms with Gasteiger partial charge in [-0.05, 0) is 140 Å². The van der Waals surface area contributed by atoms with Crippen molar-refractivity contribution in [3.8, 4) is 123 Å². The molecule has 2 aliphatic carbocycles. The fraction of sp³-hybridized carbons (Fsp3) is 0. The van der Waals surface area contributed by atoms with Crippen LogP contribution in [0, 0.1) is 0 Å². The molecule has 0 spiro atoms. The lowest BCUT2D eigenvalue weighted by Crippen LogP contribution is -2.02. The first-order valence-electron chi connectivity index (χ1n) is 23.8. The Morgan fingerprint density at radius 1 is 0.319 bits per heavy atom. The summed E-state index contributed by atoms with van der Waals surface area (Å²) in [6.07, 6.45) is 4.03. The van der Waals surface area contributed by atoms with E-state index < -0.39 is 0 Å². The van der Waals surface area contributed by atoms with Crippen LogP contribution in [0.2, 0.25) is 0 Å². The van der Waals surface area contributed by atoms with Crippen LogP contribution in [0.1, 0.15) is 11.1 Å². The average Bonchev–Trinajstić information content (AvgIpc) is 3.41. The van der Waals surface area contributed by atoms with E-state index in [0.29, 0.717) is 0 Å². The average molecular weight is 875 g/mol. The Morgan fingerprint density at radius 3 is 1.20 bits per heavy atom. The summed E-state index contributed by atoms with van der Waals surface area (Å²) in [5.74, 6) is 1.70. The van der Waals surface area contributed by atoms with Crippen LogP contribution in [0.3, 0.4) is 0 Å². The van der Waals surface area contributed by atoms with Gasteiger partial charge in [-0.1, -0.05) is 231 Å². The first-order chi connectivity index (χ1) is 34.2. The van der Waals surface area contributed by atoms with Crippen molar-refractivity contribution in [1.29, 1.82) is 0 Å². The summed E-state index contributed by atoms with van der Waals surface area (Å²) in [4.78, 5) is 0. The molecular formula is C68H42O. The Bertz CT molecular complexity index is 4000. The minimum Gasteiger partial charge on any atom is -0.455 e. The normalized spacial score (nSPS) is 12.3. The highest BCUT2D eigenvalue weighted by molar-refractivity contribution is 6.12. The van der Waals surface area contributed by atoms with Gasteiger partial charge in [-0.3, -0.25) is 0 Å². The minimum absolute atomic E-state index is 0.849. The molecule has 11 aromatic carbocycles. The molecule has 1 heteroatoms. The zero-order valence-corrected chi connectivity index (χ0v) is 37.7. The molecule has 69 heavy (non-hydrogen) atoms. The third-order valence-electron chi connectivity index (χ3n) is 14.6. The number of benzene rings is 11. The molecule has 3 aliphatic rings. The molecular weight excluding hydrogens is 833 g/mol. The van der Waals surface area contributed by atoms with Crippen molar-refractivity contribution in [2.24, 2.45) is 0 Å². The predicted molar refractivity (Wildman–Crippen MR) is 289 cm³/mol. The van der Waals surface area contributed by atoms with Gasteiger partial charge in [0.1, 0.15) is 11.5 Å². The SMILES string of the molecule is C=C/C=C(/c1ccc2c(c1)-c1ccccc1-c1ccccc1-c1ccccc1-2)c1cccc2c1Oc1ccc(-c3ccc4c(c3)-c3ccccc3-c3ccccc3-c3ccccc3-4)c3cccc-2c13. The lowest BCUT2D eigenvalue weighted by molar-refractivity contribution is 0.485. The summed E-state index contributed by atoms with van der Waals surface area (Å²) < 4.78 is 7.18. The predicted octanol–water partition coefficient (Wildman–Crippen LogP) is 18.9. The molecule has 0 aromatic heterocycles. The monoisotopic (exact) mass is 874 g/mol. The summed E-state index contributed by atoms with van der Waals surface area (Å²) in [6, 6.07) is 84.6. The fourth-order valence-electron chi connectivity index (χ4n) is 11.6. The van der Waals surface area contributed by atoms with Crippen molar-refractivity contribution >= 4 is 16.3 Å². The van der Waals surface area contributed by atoms with Gasteiger partial charge in [0.25, 0.3) is 0 Å². The van der Waals surface area contributed by atoms with E-state index in [4.69, 9.17) is 4.74 Å². The Hall–Kier alpha value is -9.04. The van der Waals surface area contributed by atoms with Crippen LogP contribution in [0.25, 0.3) is 128 Å². The van der Waals surface area contributed by atoms with E-state index in [1.165, 1.54) is 100 Å². The Morgan fingerprint density at radius 2 is 0.710 bits per heavy atom. The molecule has 14 rings (SSSR count). The van der Waals surface area contributed by atoms with Crippen molar-refractivity contribution in [2.45, 2.75) is 0 Å². The zero-order valence-electron chi connectivity index (χ0n) is 37.7. The Kier molecular flexibility index (Phi) is 8.81. The standard InChI is InChI=1S/C68H42O/c1-2-17-44(42-34-36-58-54-26-9-7-22-50(54)46-18-3-5-20-48(46)52-24-11-13-28-56(52)64(58)40-42)62-32-16-33-63-61-31-15-30-60-45(38-39-66(67(60)61)69-68(62)63)43-35-37-59-55-27-10-8-23-51(55)47-19-4-6-21-49(47)53-25-12-14-29-57(53)65(59)41-43/h2-41H,1H2/b44-17-,50-46?,51-47?,52-48?,53-49?,58-54?,59-55?,64-56?,65-57?. The molecule has 0 radical (unpaired) electrons. The van der Waals surface area contributed by atoms with E-state index in [0.717, 1.165) is 50.1 Å². The molecule has 1 nitrogen and oxygen atoms in total. The van der Waals surface area contributed by atoms with E-state index in [1.807, 2.05) is 6.08 Å². The molecule has 0 saturated heterocycles. The van der Waals surface area contributed by atoms with Gasteiger partial charge >= 0.3 is 0 Å². The van der Waals surface area contributed by atoms with Crippen LogP contribution in [-0.2, 0) is 0 Å². The molecule has 0 bridgehead atoms. The third-order valence-corrected chi connectivity index (χ3v) is 14.6. The van der Waals surface area contributed by atoms with Gasteiger partial charge < -0.3 is 4.74 Å². The second-order valence-electron chi connectivity index (χ2n) is 18.2. The van der Waals surface area contributed by atoms with Gasteiger partial charge in [0.05, 0.1) is 0 Å². The Balaban J connectivity index is 0.909. The number of allylic oxidation sites excluding steroid dienone is 2. The van der Waals surface area contributed by atoms with Crippen molar-refractivity contribution in [2.75, 3.05) is 0 Å². The first-order valence-corrected chi connectivity index (χ1v) is 23.8. The summed E-state index contributed by atoms with van der Waals surface area (Å²) in [5, 5.41) is 2.28. The number of fused-ring (bicyclic) bond motifs is 18. The van der Waals surface area contributed by atoms with Gasteiger partial charge in [0.2, 0.25) is 0 Å². The summed E-state index contributed by atoms with van der Waals surface area (Å²) in [7, 11) is 0. The number of hydrogen-bond donors (Lipinski definition) is 0. The van der Waals surface area contributed by atoms with Crippen LogP contribution < -0.4 is 4.74 Å².